The first-order valence-corrected chi connectivity index (χ1v) is 8.89. The lowest BCUT2D eigenvalue weighted by Crippen LogP contribution is -2.38. The SMILES string of the molecule is [B]C1CC(O)C(CC(C)(CC)OP(=O)(O)C(C)(O)CC)O1. The van der Waals surface area contributed by atoms with Crippen LogP contribution in [0.25, 0.3) is 0 Å². The number of aliphatic hydroxyl groups is 2. The summed E-state index contributed by atoms with van der Waals surface area (Å²) in [5.74, 6) is 0. The van der Waals surface area contributed by atoms with Gasteiger partial charge in [-0.1, -0.05) is 13.8 Å². The maximum Gasteiger partial charge on any atom is 0.359 e. The zero-order valence-electron chi connectivity index (χ0n) is 13.2. The zero-order chi connectivity index (χ0) is 16.5. The van der Waals surface area contributed by atoms with E-state index in [9.17, 15) is 19.7 Å². The minimum Gasteiger partial charge on any atom is -0.390 e. The number of hydrogen-bond acceptors (Lipinski definition) is 5. The van der Waals surface area contributed by atoms with Crippen molar-refractivity contribution in [2.75, 3.05) is 0 Å². The second-order valence-corrected chi connectivity index (χ2v) is 8.39. The summed E-state index contributed by atoms with van der Waals surface area (Å²) in [5, 5.41) is 18.1. The molecule has 21 heavy (non-hydrogen) atoms. The van der Waals surface area contributed by atoms with Gasteiger partial charge in [-0.25, -0.2) is 0 Å². The third kappa shape index (κ3) is 4.53. The highest BCUT2D eigenvalue weighted by atomic mass is 31.2. The Labute approximate surface area is 127 Å². The Morgan fingerprint density at radius 3 is 2.33 bits per heavy atom. The van der Waals surface area contributed by atoms with Crippen LogP contribution in [0.3, 0.4) is 0 Å². The van der Waals surface area contributed by atoms with Gasteiger partial charge >= 0.3 is 7.60 Å². The molecule has 3 N–H and O–H groups in total. The first-order chi connectivity index (χ1) is 9.46. The Kier molecular flexibility index (Phi) is 6.10. The molecule has 0 aromatic carbocycles. The Morgan fingerprint density at radius 1 is 1.38 bits per heavy atom. The molecule has 1 saturated heterocycles. The molecule has 0 aromatic heterocycles. The minimum absolute atomic E-state index is 0.0913. The van der Waals surface area contributed by atoms with Crippen molar-refractivity contribution >= 4 is 15.4 Å². The van der Waals surface area contributed by atoms with Crippen molar-refractivity contribution in [3.63, 3.8) is 0 Å². The van der Waals surface area contributed by atoms with Gasteiger partial charge in [0, 0.05) is 12.4 Å². The molecular weight excluding hydrogens is 294 g/mol. The van der Waals surface area contributed by atoms with Crippen LogP contribution in [0.4, 0.5) is 0 Å². The van der Waals surface area contributed by atoms with Crippen LogP contribution in [0.1, 0.15) is 53.4 Å². The summed E-state index contributed by atoms with van der Waals surface area (Å²) in [5.41, 5.74) is -1.00. The fraction of sp³-hybridized carbons (Fsp3) is 1.00. The Morgan fingerprint density at radius 2 is 1.95 bits per heavy atom. The number of rotatable bonds is 7. The fourth-order valence-electron chi connectivity index (χ4n) is 2.21. The molecule has 1 aliphatic heterocycles. The van der Waals surface area contributed by atoms with E-state index >= 15 is 0 Å². The van der Waals surface area contributed by atoms with Gasteiger partial charge in [0.05, 0.1) is 17.8 Å². The maximum absolute atomic E-state index is 12.3. The predicted molar refractivity (Wildman–Crippen MR) is 80.2 cm³/mol. The molecule has 0 bridgehead atoms. The van der Waals surface area contributed by atoms with Crippen LogP contribution >= 0.6 is 7.60 Å². The first-order valence-electron chi connectivity index (χ1n) is 7.31. The lowest BCUT2D eigenvalue weighted by molar-refractivity contribution is -0.0426. The largest absolute Gasteiger partial charge is 0.390 e. The van der Waals surface area contributed by atoms with Crippen molar-refractivity contribution in [3.05, 3.63) is 0 Å². The van der Waals surface area contributed by atoms with E-state index in [2.05, 4.69) is 0 Å². The van der Waals surface area contributed by atoms with Gasteiger partial charge in [-0.15, -0.1) is 0 Å². The average molecular weight is 320 g/mol. The van der Waals surface area contributed by atoms with Crippen LogP contribution in [0.2, 0.25) is 0 Å². The van der Waals surface area contributed by atoms with Gasteiger partial charge in [0.1, 0.15) is 7.85 Å². The molecule has 1 aliphatic rings. The van der Waals surface area contributed by atoms with Crippen molar-refractivity contribution in [3.8, 4) is 0 Å². The molecule has 8 heteroatoms. The zero-order valence-corrected chi connectivity index (χ0v) is 14.0. The molecule has 1 rings (SSSR count). The van der Waals surface area contributed by atoms with Gasteiger partial charge in [-0.05, 0) is 33.1 Å². The van der Waals surface area contributed by atoms with E-state index in [1.165, 1.54) is 6.92 Å². The van der Waals surface area contributed by atoms with Gasteiger partial charge in [0.15, 0.2) is 5.34 Å². The fourth-order valence-corrected chi connectivity index (χ4v) is 3.61. The Bertz CT molecular complexity index is 404. The van der Waals surface area contributed by atoms with Gasteiger partial charge in [-0.3, -0.25) is 4.57 Å². The van der Waals surface area contributed by atoms with Crippen LogP contribution in [0.15, 0.2) is 0 Å². The van der Waals surface area contributed by atoms with E-state index < -0.39 is 36.8 Å². The normalized spacial score (nSPS) is 34.9. The summed E-state index contributed by atoms with van der Waals surface area (Å²) in [6.45, 7) is 6.36. The van der Waals surface area contributed by atoms with Crippen molar-refractivity contribution in [2.24, 2.45) is 0 Å². The quantitative estimate of drug-likeness (QED) is 0.486. The van der Waals surface area contributed by atoms with Gasteiger partial charge in [-0.2, -0.15) is 0 Å². The lowest BCUT2D eigenvalue weighted by Gasteiger charge is -2.37. The first kappa shape index (κ1) is 19.1. The van der Waals surface area contributed by atoms with Crippen molar-refractivity contribution < 1.29 is 28.9 Å². The molecule has 1 heterocycles. The molecular formula is C13H26BO6P. The smallest absolute Gasteiger partial charge is 0.359 e. The molecule has 2 radical (unpaired) electrons. The molecule has 0 amide bonds. The molecule has 1 fully saturated rings. The van der Waals surface area contributed by atoms with Crippen molar-refractivity contribution in [1.82, 2.24) is 0 Å². The summed E-state index contributed by atoms with van der Waals surface area (Å²) in [7, 11) is 1.39. The van der Waals surface area contributed by atoms with E-state index in [0.29, 0.717) is 12.8 Å². The summed E-state index contributed by atoms with van der Waals surface area (Å²) >= 11 is 0. The standard InChI is InChI=1S/C13H26BO6P/c1-5-12(3,8-10-9(15)7-11(14)19-10)20-21(17,18)13(4,16)6-2/h9-11,15-16H,5-8H2,1-4H3,(H,17,18). The predicted octanol–water partition coefficient (Wildman–Crippen LogP) is 1.51. The molecule has 6 nitrogen and oxygen atoms in total. The van der Waals surface area contributed by atoms with Crippen LogP contribution in [0, 0.1) is 0 Å². The molecule has 6 unspecified atom stereocenters. The van der Waals surface area contributed by atoms with E-state index in [1.54, 1.807) is 13.8 Å². The van der Waals surface area contributed by atoms with Gasteiger partial charge in [0.25, 0.3) is 0 Å². The topological polar surface area (TPSA) is 96.2 Å². The molecule has 0 aromatic rings. The minimum atomic E-state index is -4.24. The second kappa shape index (κ2) is 6.69. The number of hydrogen-bond donors (Lipinski definition) is 3. The highest BCUT2D eigenvalue weighted by molar-refractivity contribution is 7.54. The van der Waals surface area contributed by atoms with Crippen LogP contribution in [-0.4, -0.2) is 52.1 Å². The Hall–Kier alpha value is 0.0949. The van der Waals surface area contributed by atoms with E-state index in [0.717, 1.165) is 0 Å². The molecule has 6 atom stereocenters. The molecule has 0 aliphatic carbocycles. The number of ether oxygens (including phenoxy) is 1. The number of aliphatic hydroxyl groups excluding tert-OH is 1. The molecule has 0 saturated carbocycles. The van der Waals surface area contributed by atoms with Gasteiger partial charge in [0.2, 0.25) is 0 Å². The van der Waals surface area contributed by atoms with Crippen molar-refractivity contribution in [2.45, 2.75) is 82.5 Å². The maximum atomic E-state index is 12.3. The summed E-state index contributed by atoms with van der Waals surface area (Å²) < 4.78 is 23.1. The highest BCUT2D eigenvalue weighted by Crippen LogP contribution is 2.59. The average Bonchev–Trinajstić information content (AvgIpc) is 2.66. The Balaban J connectivity index is 2.83. The third-order valence-corrected chi connectivity index (χ3v) is 6.48. The van der Waals surface area contributed by atoms with Crippen LogP contribution in [-0.2, 0) is 13.8 Å². The lowest BCUT2D eigenvalue weighted by atomic mass is 9.91. The third-order valence-electron chi connectivity index (χ3n) is 4.26. The van der Waals surface area contributed by atoms with Crippen LogP contribution < -0.4 is 0 Å². The van der Waals surface area contributed by atoms with Crippen LogP contribution in [0.5, 0.6) is 0 Å². The summed E-state index contributed by atoms with van der Waals surface area (Å²) in [6.07, 6.45) is -0.195. The molecule has 0 spiro atoms. The van der Waals surface area contributed by atoms with Gasteiger partial charge < -0.3 is 24.4 Å². The van der Waals surface area contributed by atoms with Crippen molar-refractivity contribution in [1.29, 1.82) is 0 Å². The monoisotopic (exact) mass is 320 g/mol. The molecule has 122 valence electrons. The summed E-state index contributed by atoms with van der Waals surface area (Å²) in [4.78, 5) is 10.1. The van der Waals surface area contributed by atoms with E-state index in [1.807, 2.05) is 6.92 Å². The second-order valence-electron chi connectivity index (χ2n) is 6.21. The highest BCUT2D eigenvalue weighted by Gasteiger charge is 2.47. The summed E-state index contributed by atoms with van der Waals surface area (Å²) in [6, 6.07) is -0.536. The van der Waals surface area contributed by atoms with E-state index in [4.69, 9.17) is 17.1 Å². The van der Waals surface area contributed by atoms with E-state index in [-0.39, 0.29) is 12.8 Å².